The maximum atomic E-state index is 14.7. The quantitative estimate of drug-likeness (QED) is 0.309. The Balaban J connectivity index is 1.84. The summed E-state index contributed by atoms with van der Waals surface area (Å²) < 4.78 is 55.3. The molecule has 0 radical (unpaired) electrons. The number of rotatable bonds is 4. The van der Waals surface area contributed by atoms with Gasteiger partial charge in [-0.1, -0.05) is 11.6 Å². The van der Waals surface area contributed by atoms with Crippen LogP contribution in [0.2, 0.25) is 5.15 Å². The molecule has 0 bridgehead atoms. The number of aromatic nitrogens is 3. The van der Waals surface area contributed by atoms with Crippen molar-refractivity contribution in [1.82, 2.24) is 15.2 Å². The number of ketones is 1. The largest absolute Gasteiger partial charge is 0.478 e. The number of alkyl halides is 3. The van der Waals surface area contributed by atoms with Crippen LogP contribution in [-0.2, 0) is 12.6 Å². The fourth-order valence-electron chi connectivity index (χ4n) is 3.97. The topological polar surface area (TPSA) is 95.9 Å². The minimum atomic E-state index is -4.83. The number of nitrogens with one attached hydrogen (secondary N) is 1. The molecule has 0 spiro atoms. The van der Waals surface area contributed by atoms with Gasteiger partial charge in [0.1, 0.15) is 11.0 Å². The number of aromatic amines is 1. The van der Waals surface area contributed by atoms with E-state index in [4.69, 9.17) is 16.7 Å². The molecular weight excluding hydrogens is 454 g/mol. The fraction of sp³-hybridized carbons (Fsp3) is 0.238. The highest BCUT2D eigenvalue weighted by Crippen LogP contribution is 2.43. The number of hydrogen-bond acceptors (Lipinski definition) is 4. The van der Waals surface area contributed by atoms with Gasteiger partial charge in [-0.15, -0.1) is 0 Å². The molecule has 1 atom stereocenters. The maximum absolute atomic E-state index is 14.7. The number of fused-ring (bicyclic) bond motifs is 1. The fourth-order valence-corrected chi connectivity index (χ4v) is 4.22. The van der Waals surface area contributed by atoms with Gasteiger partial charge < -0.3 is 5.11 Å². The summed E-state index contributed by atoms with van der Waals surface area (Å²) in [6.45, 7) is 0. The third-order valence-corrected chi connectivity index (χ3v) is 5.68. The third kappa shape index (κ3) is 3.75. The number of aromatic carboxylic acids is 1. The van der Waals surface area contributed by atoms with E-state index in [0.717, 1.165) is 12.3 Å². The lowest BCUT2D eigenvalue weighted by atomic mass is 9.79. The van der Waals surface area contributed by atoms with E-state index >= 15 is 0 Å². The Kier molecular flexibility index (Phi) is 5.49. The smallest absolute Gasteiger partial charge is 0.417 e. The number of H-pyrrole nitrogens is 1. The van der Waals surface area contributed by atoms with E-state index in [2.05, 4.69) is 15.2 Å². The van der Waals surface area contributed by atoms with E-state index in [1.54, 1.807) is 0 Å². The first kappa shape index (κ1) is 21.9. The number of carboxylic acid groups (broad SMARTS) is 1. The van der Waals surface area contributed by atoms with Crippen LogP contribution in [0.15, 0.2) is 30.5 Å². The van der Waals surface area contributed by atoms with Crippen molar-refractivity contribution in [3.05, 3.63) is 69.4 Å². The second-order valence-corrected chi connectivity index (χ2v) is 7.65. The summed E-state index contributed by atoms with van der Waals surface area (Å²) in [4.78, 5) is 28.0. The molecule has 0 fully saturated rings. The number of Topliss-reactive ketones (excluding diaryl/α,β-unsaturated/α-hetero) is 1. The van der Waals surface area contributed by atoms with Crippen molar-refractivity contribution >= 4 is 23.4 Å². The number of hydrogen-bond donors (Lipinski definition) is 2. The van der Waals surface area contributed by atoms with E-state index in [0.29, 0.717) is 24.6 Å². The minimum absolute atomic E-state index is 0.0426. The molecule has 4 rings (SSSR count). The third-order valence-electron chi connectivity index (χ3n) is 5.40. The first-order valence-electron chi connectivity index (χ1n) is 9.45. The molecule has 166 valence electrons. The highest BCUT2D eigenvalue weighted by atomic mass is 35.5. The Labute approximate surface area is 183 Å². The zero-order valence-electron chi connectivity index (χ0n) is 16.1. The van der Waals surface area contributed by atoms with Crippen LogP contribution in [0.3, 0.4) is 0 Å². The van der Waals surface area contributed by atoms with Gasteiger partial charge in [0.2, 0.25) is 0 Å². The second kappa shape index (κ2) is 8.01. The molecule has 0 aliphatic heterocycles. The second-order valence-electron chi connectivity index (χ2n) is 7.30. The van der Waals surface area contributed by atoms with Gasteiger partial charge in [-0.2, -0.15) is 18.3 Å². The highest BCUT2D eigenvalue weighted by molar-refractivity contribution is 6.33. The molecule has 11 heteroatoms. The predicted molar refractivity (Wildman–Crippen MR) is 105 cm³/mol. The Hall–Kier alpha value is -3.27. The van der Waals surface area contributed by atoms with Gasteiger partial charge in [0.15, 0.2) is 5.78 Å². The number of benzene rings is 1. The van der Waals surface area contributed by atoms with Gasteiger partial charge >= 0.3 is 12.1 Å². The van der Waals surface area contributed by atoms with Crippen molar-refractivity contribution in [1.29, 1.82) is 0 Å². The summed E-state index contributed by atoms with van der Waals surface area (Å²) in [5.74, 6) is -4.15. The first-order chi connectivity index (χ1) is 15.1. The number of carbonyl (C=O) groups excluding carboxylic acids is 1. The van der Waals surface area contributed by atoms with Gasteiger partial charge in [0.05, 0.1) is 28.3 Å². The molecule has 0 amide bonds. The summed E-state index contributed by atoms with van der Waals surface area (Å²) in [5, 5.41) is 15.3. The van der Waals surface area contributed by atoms with E-state index in [1.165, 1.54) is 12.1 Å². The molecule has 3 aromatic rings. The standard InChI is InChI=1S/C21H14ClF4N3O3/c22-19-16(12(6-7-27-19)21(24,25)26)18(30)11-2-1-3-14-15(11)17(29-28-14)10-5-4-9(20(31)32)8-13(10)23/h4-8,11H,1-3H2,(H,28,29)(H,31,32). The molecule has 2 N–H and O–H groups in total. The summed E-state index contributed by atoms with van der Waals surface area (Å²) in [7, 11) is 0. The lowest BCUT2D eigenvalue weighted by Crippen LogP contribution is -2.23. The van der Waals surface area contributed by atoms with Crippen LogP contribution in [0.1, 0.15) is 56.3 Å². The van der Waals surface area contributed by atoms with Crippen LogP contribution in [0.5, 0.6) is 0 Å². The number of nitrogens with zero attached hydrogens (tertiary/aromatic N) is 2. The Morgan fingerprint density at radius 3 is 2.62 bits per heavy atom. The van der Waals surface area contributed by atoms with Gasteiger partial charge in [0.25, 0.3) is 0 Å². The van der Waals surface area contributed by atoms with Gasteiger partial charge in [-0.05, 0) is 43.5 Å². The van der Waals surface area contributed by atoms with Crippen molar-refractivity contribution in [2.45, 2.75) is 31.4 Å². The SMILES string of the molecule is O=C(O)c1ccc(-c2n[nH]c3c2C(C(=O)c2c(C(F)(F)F)ccnc2Cl)CCC3)c(F)c1. The van der Waals surface area contributed by atoms with Crippen LogP contribution < -0.4 is 0 Å². The summed E-state index contributed by atoms with van der Waals surface area (Å²) in [5.41, 5.74) is -1.47. The van der Waals surface area contributed by atoms with E-state index < -0.39 is 45.9 Å². The summed E-state index contributed by atoms with van der Waals surface area (Å²) in [6.07, 6.45) is -2.79. The van der Waals surface area contributed by atoms with Crippen molar-refractivity contribution in [3.63, 3.8) is 0 Å². The van der Waals surface area contributed by atoms with Crippen molar-refractivity contribution in [2.75, 3.05) is 0 Å². The number of carbonyl (C=O) groups is 2. The zero-order chi connectivity index (χ0) is 23.2. The number of pyridine rings is 1. The minimum Gasteiger partial charge on any atom is -0.478 e. The van der Waals surface area contributed by atoms with Crippen LogP contribution in [-0.4, -0.2) is 32.0 Å². The monoisotopic (exact) mass is 467 g/mol. The maximum Gasteiger partial charge on any atom is 0.417 e. The van der Waals surface area contributed by atoms with E-state index in [9.17, 15) is 27.2 Å². The Bertz CT molecular complexity index is 1240. The Morgan fingerprint density at radius 1 is 1.22 bits per heavy atom. The van der Waals surface area contributed by atoms with Crippen LogP contribution in [0.4, 0.5) is 17.6 Å². The lowest BCUT2D eigenvalue weighted by Gasteiger charge is -2.24. The molecule has 1 unspecified atom stereocenters. The molecule has 0 saturated heterocycles. The summed E-state index contributed by atoms with van der Waals surface area (Å²) in [6, 6.07) is 3.90. The number of carboxylic acids is 1. The molecule has 2 aromatic heterocycles. The van der Waals surface area contributed by atoms with Crippen molar-refractivity contribution < 1.29 is 32.3 Å². The molecule has 0 saturated carbocycles. The average Bonchev–Trinajstić information content (AvgIpc) is 3.16. The number of aryl methyl sites for hydroxylation is 1. The zero-order valence-corrected chi connectivity index (χ0v) is 16.9. The first-order valence-corrected chi connectivity index (χ1v) is 9.83. The predicted octanol–water partition coefficient (Wildman–Crippen LogP) is 5.28. The Morgan fingerprint density at radius 2 is 1.97 bits per heavy atom. The molecule has 1 aliphatic rings. The van der Waals surface area contributed by atoms with Crippen LogP contribution in [0.25, 0.3) is 11.3 Å². The van der Waals surface area contributed by atoms with Crippen molar-refractivity contribution in [2.24, 2.45) is 0 Å². The molecule has 32 heavy (non-hydrogen) atoms. The van der Waals surface area contributed by atoms with Crippen molar-refractivity contribution in [3.8, 4) is 11.3 Å². The molecule has 1 aromatic carbocycles. The summed E-state index contributed by atoms with van der Waals surface area (Å²) >= 11 is 5.91. The number of halogens is 5. The van der Waals surface area contributed by atoms with E-state index in [-0.39, 0.29) is 28.8 Å². The van der Waals surface area contributed by atoms with E-state index in [1.807, 2.05) is 0 Å². The van der Waals surface area contributed by atoms with Gasteiger partial charge in [-0.3, -0.25) is 9.89 Å². The molecule has 2 heterocycles. The van der Waals surface area contributed by atoms with Crippen LogP contribution in [0, 0.1) is 5.82 Å². The van der Waals surface area contributed by atoms with Crippen LogP contribution >= 0.6 is 11.6 Å². The molecule has 6 nitrogen and oxygen atoms in total. The van der Waals surface area contributed by atoms with Gasteiger partial charge in [-0.25, -0.2) is 14.2 Å². The average molecular weight is 468 g/mol. The normalized spacial score (nSPS) is 16.0. The van der Waals surface area contributed by atoms with Gasteiger partial charge in [0, 0.05) is 23.0 Å². The molecule has 1 aliphatic carbocycles. The molecular formula is C21H14ClF4N3O3. The lowest BCUT2D eigenvalue weighted by molar-refractivity contribution is -0.138. The highest BCUT2D eigenvalue weighted by Gasteiger charge is 2.41.